The van der Waals surface area contributed by atoms with Gasteiger partial charge in [-0.3, -0.25) is 4.79 Å². The highest BCUT2D eigenvalue weighted by molar-refractivity contribution is 5.79. The molecule has 0 spiro atoms. The number of allylic oxidation sites excluding steroid dienone is 1. The highest BCUT2D eigenvalue weighted by Gasteiger charge is 2.13. The van der Waals surface area contributed by atoms with Crippen LogP contribution in [-0.2, 0) is 28.9 Å². The Morgan fingerprint density at radius 1 is 0.853 bits per heavy atom. The van der Waals surface area contributed by atoms with E-state index in [0.717, 1.165) is 24.8 Å². The van der Waals surface area contributed by atoms with Gasteiger partial charge in [-0.25, -0.2) is 4.79 Å². The topological polar surface area (TPSA) is 57.6 Å². The Labute approximate surface area is 202 Å². The molecule has 3 aromatic rings. The second-order valence-corrected chi connectivity index (χ2v) is 8.67. The first kappa shape index (κ1) is 25.0. The van der Waals surface area contributed by atoms with Gasteiger partial charge in [0, 0.05) is 19.7 Å². The summed E-state index contributed by atoms with van der Waals surface area (Å²) in [7, 11) is 1.86. The molecular formula is C30H33NO3. The van der Waals surface area contributed by atoms with Crippen molar-refractivity contribution in [1.29, 1.82) is 0 Å². The van der Waals surface area contributed by atoms with E-state index >= 15 is 0 Å². The number of carbonyl (C=O) groups is 2. The number of aliphatic carboxylic acids is 1. The molecule has 4 nitrogen and oxygen atoms in total. The molecule has 0 aliphatic carbocycles. The van der Waals surface area contributed by atoms with E-state index < -0.39 is 5.97 Å². The first-order chi connectivity index (χ1) is 16.5. The monoisotopic (exact) mass is 455 g/mol. The van der Waals surface area contributed by atoms with Crippen LogP contribution in [0.3, 0.4) is 0 Å². The number of carboxylic acids is 1. The molecule has 3 rings (SSSR count). The van der Waals surface area contributed by atoms with Crippen molar-refractivity contribution in [1.82, 2.24) is 4.90 Å². The molecule has 1 atom stereocenters. The van der Waals surface area contributed by atoms with E-state index in [1.54, 1.807) is 11.0 Å². The third-order valence-electron chi connectivity index (χ3n) is 6.08. The molecule has 0 heterocycles. The predicted octanol–water partition coefficient (Wildman–Crippen LogP) is 5.68. The van der Waals surface area contributed by atoms with Crippen LogP contribution in [0.15, 0.2) is 97.1 Å². The summed E-state index contributed by atoms with van der Waals surface area (Å²) in [6.45, 7) is 0.704. The van der Waals surface area contributed by atoms with Gasteiger partial charge >= 0.3 is 5.97 Å². The SMILES string of the molecule is CN(CCc1ccccc1)C(=O)Cc1ccc(CC(CCC=CC(=O)O)c2ccccc2)cc1. The Kier molecular flexibility index (Phi) is 9.65. The lowest BCUT2D eigenvalue weighted by molar-refractivity contribution is -0.131. The van der Waals surface area contributed by atoms with Crippen molar-refractivity contribution in [3.8, 4) is 0 Å². The minimum atomic E-state index is -0.910. The maximum atomic E-state index is 12.7. The molecule has 1 amide bonds. The quantitative estimate of drug-likeness (QED) is 0.358. The van der Waals surface area contributed by atoms with E-state index in [1.807, 2.05) is 55.6 Å². The van der Waals surface area contributed by atoms with Gasteiger partial charge in [0.25, 0.3) is 0 Å². The van der Waals surface area contributed by atoms with Gasteiger partial charge in [-0.15, -0.1) is 0 Å². The minimum absolute atomic E-state index is 0.121. The third kappa shape index (κ3) is 8.36. The van der Waals surface area contributed by atoms with Gasteiger partial charge < -0.3 is 10.0 Å². The van der Waals surface area contributed by atoms with Crippen LogP contribution >= 0.6 is 0 Å². The van der Waals surface area contributed by atoms with Crippen molar-refractivity contribution in [2.75, 3.05) is 13.6 Å². The van der Waals surface area contributed by atoms with Gasteiger partial charge in [-0.1, -0.05) is 91.0 Å². The van der Waals surface area contributed by atoms with Crippen LogP contribution in [0.2, 0.25) is 0 Å². The second-order valence-electron chi connectivity index (χ2n) is 8.67. The van der Waals surface area contributed by atoms with Gasteiger partial charge in [0.05, 0.1) is 6.42 Å². The Hall–Kier alpha value is -3.66. The number of likely N-dealkylation sites (N-methyl/N-ethyl adjacent to an activating group) is 1. The number of hydrogen-bond donors (Lipinski definition) is 1. The predicted molar refractivity (Wildman–Crippen MR) is 137 cm³/mol. The molecule has 0 saturated heterocycles. The fourth-order valence-electron chi connectivity index (χ4n) is 4.05. The zero-order chi connectivity index (χ0) is 24.2. The van der Waals surface area contributed by atoms with Crippen LogP contribution < -0.4 is 0 Å². The standard InChI is InChI=1S/C30H33NO3/c1-31(21-20-24-10-4-2-5-11-24)29(32)23-26-18-16-25(17-19-26)22-28(14-8-9-15-30(33)34)27-12-6-3-7-13-27/h2-7,9-13,15-19,28H,8,14,20-23H2,1H3,(H,33,34). The van der Waals surface area contributed by atoms with Crippen LogP contribution in [0.4, 0.5) is 0 Å². The largest absolute Gasteiger partial charge is 0.478 e. The summed E-state index contributed by atoms with van der Waals surface area (Å²) >= 11 is 0. The van der Waals surface area contributed by atoms with Crippen molar-refractivity contribution in [2.45, 2.75) is 38.0 Å². The summed E-state index contributed by atoms with van der Waals surface area (Å²) in [5.74, 6) is -0.487. The summed E-state index contributed by atoms with van der Waals surface area (Å²) in [5.41, 5.74) is 4.72. The molecule has 176 valence electrons. The van der Waals surface area contributed by atoms with Crippen LogP contribution in [0.1, 0.15) is 41.0 Å². The number of nitrogens with zero attached hydrogens (tertiary/aromatic N) is 1. The number of hydrogen-bond acceptors (Lipinski definition) is 2. The summed E-state index contributed by atoms with van der Waals surface area (Å²) in [4.78, 5) is 25.2. The second kappa shape index (κ2) is 13.1. The Balaban J connectivity index is 1.55. The molecule has 1 N–H and O–H groups in total. The van der Waals surface area contributed by atoms with Gasteiger partial charge in [0.2, 0.25) is 5.91 Å². The normalized spacial score (nSPS) is 11.9. The number of amides is 1. The lowest BCUT2D eigenvalue weighted by Gasteiger charge is -2.18. The van der Waals surface area contributed by atoms with Crippen molar-refractivity contribution in [3.05, 3.63) is 119 Å². The zero-order valence-electron chi connectivity index (χ0n) is 19.8. The van der Waals surface area contributed by atoms with Crippen LogP contribution in [0.5, 0.6) is 0 Å². The van der Waals surface area contributed by atoms with Crippen molar-refractivity contribution < 1.29 is 14.7 Å². The molecule has 0 aliphatic rings. The van der Waals surface area contributed by atoms with E-state index in [4.69, 9.17) is 5.11 Å². The van der Waals surface area contributed by atoms with E-state index in [1.165, 1.54) is 22.8 Å². The highest BCUT2D eigenvalue weighted by atomic mass is 16.4. The Morgan fingerprint density at radius 3 is 2.12 bits per heavy atom. The fraction of sp³-hybridized carbons (Fsp3) is 0.267. The lowest BCUT2D eigenvalue weighted by Crippen LogP contribution is -2.30. The zero-order valence-corrected chi connectivity index (χ0v) is 19.8. The molecule has 3 aromatic carbocycles. The van der Waals surface area contributed by atoms with Gasteiger partial charge in [-0.2, -0.15) is 0 Å². The smallest absolute Gasteiger partial charge is 0.327 e. The highest BCUT2D eigenvalue weighted by Crippen LogP contribution is 2.26. The number of rotatable bonds is 12. The van der Waals surface area contributed by atoms with E-state index in [0.29, 0.717) is 25.3 Å². The first-order valence-electron chi connectivity index (χ1n) is 11.8. The molecule has 4 heteroatoms. The first-order valence-corrected chi connectivity index (χ1v) is 11.8. The maximum Gasteiger partial charge on any atom is 0.327 e. The molecule has 0 aliphatic heterocycles. The van der Waals surface area contributed by atoms with Crippen LogP contribution in [-0.4, -0.2) is 35.5 Å². The van der Waals surface area contributed by atoms with Crippen molar-refractivity contribution >= 4 is 11.9 Å². The minimum Gasteiger partial charge on any atom is -0.478 e. The number of carbonyl (C=O) groups excluding carboxylic acids is 1. The molecule has 0 radical (unpaired) electrons. The molecule has 0 fully saturated rings. The van der Waals surface area contributed by atoms with Gasteiger partial charge in [0.15, 0.2) is 0 Å². The number of benzene rings is 3. The average Bonchev–Trinajstić information content (AvgIpc) is 2.86. The third-order valence-corrected chi connectivity index (χ3v) is 6.08. The summed E-state index contributed by atoms with van der Waals surface area (Å²) < 4.78 is 0. The summed E-state index contributed by atoms with van der Waals surface area (Å²) in [6, 6.07) is 28.9. The Morgan fingerprint density at radius 2 is 1.47 bits per heavy atom. The number of carboxylic acid groups (broad SMARTS) is 1. The van der Waals surface area contributed by atoms with Crippen molar-refractivity contribution in [3.63, 3.8) is 0 Å². The Bertz CT molecular complexity index is 1060. The fourth-order valence-corrected chi connectivity index (χ4v) is 4.05. The maximum absolute atomic E-state index is 12.7. The molecule has 0 saturated carbocycles. The summed E-state index contributed by atoms with van der Waals surface area (Å²) in [5, 5.41) is 8.82. The molecular weight excluding hydrogens is 422 g/mol. The summed E-state index contributed by atoms with van der Waals surface area (Å²) in [6.07, 6.45) is 6.65. The van der Waals surface area contributed by atoms with Crippen LogP contribution in [0, 0.1) is 0 Å². The van der Waals surface area contributed by atoms with Crippen molar-refractivity contribution in [2.24, 2.45) is 0 Å². The molecule has 0 bridgehead atoms. The van der Waals surface area contributed by atoms with E-state index in [9.17, 15) is 9.59 Å². The lowest BCUT2D eigenvalue weighted by atomic mass is 9.88. The van der Waals surface area contributed by atoms with E-state index in [-0.39, 0.29) is 5.91 Å². The van der Waals surface area contributed by atoms with Gasteiger partial charge in [0.1, 0.15) is 0 Å². The molecule has 34 heavy (non-hydrogen) atoms. The van der Waals surface area contributed by atoms with Gasteiger partial charge in [-0.05, 0) is 53.9 Å². The van der Waals surface area contributed by atoms with E-state index in [2.05, 4.69) is 36.4 Å². The van der Waals surface area contributed by atoms with Crippen LogP contribution in [0.25, 0.3) is 0 Å². The molecule has 1 unspecified atom stereocenters. The average molecular weight is 456 g/mol. The molecule has 0 aromatic heterocycles.